The number of carbonyl (C=O) groups excluding carboxylic acids is 2. The van der Waals surface area contributed by atoms with Gasteiger partial charge in [-0.25, -0.2) is 4.68 Å². The average Bonchev–Trinajstić information content (AvgIpc) is 3.31. The molecule has 4 fully saturated rings. The smallest absolute Gasteiger partial charge is 0.276 e. The Morgan fingerprint density at radius 2 is 1.72 bits per heavy atom. The molecule has 2 saturated carbocycles. The monoisotopic (exact) mass is 443 g/mol. The highest BCUT2D eigenvalue weighted by atomic mass is 16.5. The van der Waals surface area contributed by atoms with E-state index in [1.165, 1.54) is 38.5 Å². The van der Waals surface area contributed by atoms with E-state index < -0.39 is 0 Å². The highest BCUT2D eigenvalue weighted by molar-refractivity contribution is 5.92. The fraction of sp³-hybridized carbons (Fsp3) is 0.833. The van der Waals surface area contributed by atoms with Crippen molar-refractivity contribution < 1.29 is 14.3 Å². The number of amides is 2. The third-order valence-electron chi connectivity index (χ3n) is 8.57. The molecule has 176 valence electrons. The summed E-state index contributed by atoms with van der Waals surface area (Å²) in [5, 5.41) is 8.55. The number of aromatic nitrogens is 3. The van der Waals surface area contributed by atoms with Crippen LogP contribution < -0.4 is 0 Å². The Kier molecular flexibility index (Phi) is 6.49. The largest absolute Gasteiger partial charge is 0.378 e. The number of likely N-dealkylation sites (tertiary alicyclic amines) is 1. The molecule has 1 spiro atoms. The molecule has 0 radical (unpaired) electrons. The first-order valence-corrected chi connectivity index (χ1v) is 12.7. The highest BCUT2D eigenvalue weighted by Gasteiger charge is 2.50. The zero-order chi connectivity index (χ0) is 22.0. The maximum Gasteiger partial charge on any atom is 0.276 e. The Labute approximate surface area is 190 Å². The Morgan fingerprint density at radius 1 is 0.969 bits per heavy atom. The molecule has 32 heavy (non-hydrogen) atoms. The lowest BCUT2D eigenvalue weighted by molar-refractivity contribution is -0.136. The molecule has 2 amide bonds. The van der Waals surface area contributed by atoms with Gasteiger partial charge in [0.2, 0.25) is 5.91 Å². The second-order valence-electron chi connectivity index (χ2n) is 10.3. The molecule has 0 bridgehead atoms. The SMILES string of the molecule is O=C(CCC1CCCCC1)N1CCC2(CCC2n2cc(C(=O)N3CCOCC3)nn2)CC1. The van der Waals surface area contributed by atoms with Crippen molar-refractivity contribution in [2.75, 3.05) is 39.4 Å². The number of ether oxygens (including phenoxy) is 1. The van der Waals surface area contributed by atoms with Crippen LogP contribution in [0.4, 0.5) is 0 Å². The van der Waals surface area contributed by atoms with Gasteiger partial charge in [-0.1, -0.05) is 37.3 Å². The summed E-state index contributed by atoms with van der Waals surface area (Å²) in [5.74, 6) is 1.06. The first-order chi connectivity index (χ1) is 15.6. The van der Waals surface area contributed by atoms with Gasteiger partial charge in [0.05, 0.1) is 25.5 Å². The molecule has 1 aromatic heterocycles. The quantitative estimate of drug-likeness (QED) is 0.699. The lowest BCUT2D eigenvalue weighted by Gasteiger charge is -2.53. The Bertz CT molecular complexity index is 804. The fourth-order valence-corrected chi connectivity index (χ4v) is 6.30. The van der Waals surface area contributed by atoms with Crippen LogP contribution in [0.2, 0.25) is 0 Å². The molecular weight excluding hydrogens is 406 g/mol. The summed E-state index contributed by atoms with van der Waals surface area (Å²) in [7, 11) is 0. The predicted octanol–water partition coefficient (Wildman–Crippen LogP) is 3.05. The molecule has 0 aromatic carbocycles. The normalized spacial score (nSPS) is 26.2. The van der Waals surface area contributed by atoms with Crippen LogP contribution in [-0.4, -0.2) is 76.0 Å². The lowest BCUT2D eigenvalue weighted by atomic mass is 9.59. The van der Waals surface area contributed by atoms with E-state index in [9.17, 15) is 9.59 Å². The van der Waals surface area contributed by atoms with Crippen LogP contribution in [0.3, 0.4) is 0 Å². The van der Waals surface area contributed by atoms with Gasteiger partial charge in [0.1, 0.15) is 0 Å². The number of nitrogens with zero attached hydrogens (tertiary/aromatic N) is 5. The van der Waals surface area contributed by atoms with Gasteiger partial charge >= 0.3 is 0 Å². The van der Waals surface area contributed by atoms with Crippen LogP contribution in [0.25, 0.3) is 0 Å². The maximum absolute atomic E-state index is 12.8. The molecule has 5 rings (SSSR count). The van der Waals surface area contributed by atoms with E-state index in [4.69, 9.17) is 4.74 Å². The number of hydrogen-bond acceptors (Lipinski definition) is 5. The van der Waals surface area contributed by atoms with Crippen molar-refractivity contribution in [3.8, 4) is 0 Å². The van der Waals surface area contributed by atoms with E-state index in [2.05, 4.69) is 15.2 Å². The molecule has 2 aliphatic heterocycles. The van der Waals surface area contributed by atoms with Gasteiger partial charge in [0.15, 0.2) is 5.69 Å². The summed E-state index contributed by atoms with van der Waals surface area (Å²) < 4.78 is 7.27. The minimum Gasteiger partial charge on any atom is -0.378 e. The summed E-state index contributed by atoms with van der Waals surface area (Å²) in [6.45, 7) is 4.11. The van der Waals surface area contributed by atoms with Crippen molar-refractivity contribution >= 4 is 11.8 Å². The van der Waals surface area contributed by atoms with E-state index in [1.54, 1.807) is 4.90 Å². The van der Waals surface area contributed by atoms with Gasteiger partial charge in [-0.2, -0.15) is 0 Å². The van der Waals surface area contributed by atoms with E-state index in [0.29, 0.717) is 43.9 Å². The molecule has 3 heterocycles. The number of piperidine rings is 1. The molecule has 8 heteroatoms. The van der Waals surface area contributed by atoms with Crippen molar-refractivity contribution in [3.63, 3.8) is 0 Å². The van der Waals surface area contributed by atoms with Gasteiger partial charge in [-0.15, -0.1) is 5.10 Å². The fourth-order valence-electron chi connectivity index (χ4n) is 6.30. The van der Waals surface area contributed by atoms with Crippen LogP contribution >= 0.6 is 0 Å². The molecule has 1 aromatic rings. The summed E-state index contributed by atoms with van der Waals surface area (Å²) in [4.78, 5) is 29.4. The Morgan fingerprint density at radius 3 is 2.41 bits per heavy atom. The molecule has 8 nitrogen and oxygen atoms in total. The van der Waals surface area contributed by atoms with E-state index in [1.807, 2.05) is 10.9 Å². The Hall–Kier alpha value is -1.96. The number of rotatable bonds is 5. The van der Waals surface area contributed by atoms with Crippen LogP contribution in [0.1, 0.15) is 87.2 Å². The first kappa shape index (κ1) is 21.9. The molecule has 4 aliphatic rings. The molecule has 2 aliphatic carbocycles. The van der Waals surface area contributed by atoms with E-state index in [-0.39, 0.29) is 11.3 Å². The maximum atomic E-state index is 12.8. The van der Waals surface area contributed by atoms with Crippen LogP contribution in [0, 0.1) is 11.3 Å². The van der Waals surface area contributed by atoms with Gasteiger partial charge in [-0.05, 0) is 43.4 Å². The van der Waals surface area contributed by atoms with Crippen LogP contribution in [-0.2, 0) is 9.53 Å². The Balaban J connectivity index is 1.13. The zero-order valence-electron chi connectivity index (χ0n) is 19.2. The van der Waals surface area contributed by atoms with Gasteiger partial charge in [-0.3, -0.25) is 9.59 Å². The number of morpholine rings is 1. The van der Waals surface area contributed by atoms with Crippen molar-refractivity contribution in [2.24, 2.45) is 11.3 Å². The average molecular weight is 444 g/mol. The lowest BCUT2D eigenvalue weighted by Crippen LogP contribution is -2.51. The van der Waals surface area contributed by atoms with Crippen molar-refractivity contribution in [1.82, 2.24) is 24.8 Å². The molecular formula is C24H37N5O3. The van der Waals surface area contributed by atoms with Crippen molar-refractivity contribution in [2.45, 2.75) is 76.7 Å². The molecule has 1 atom stereocenters. The van der Waals surface area contributed by atoms with Crippen LogP contribution in [0.5, 0.6) is 0 Å². The standard InChI is InChI=1S/C24H37N5O3/c30-22(7-6-19-4-2-1-3-5-19)27-12-10-24(11-13-27)9-8-21(24)29-18-20(25-26-29)23(31)28-14-16-32-17-15-28/h18-19,21H,1-17H2. The van der Waals surface area contributed by atoms with E-state index in [0.717, 1.165) is 51.1 Å². The first-order valence-electron chi connectivity index (χ1n) is 12.7. The van der Waals surface area contributed by atoms with Crippen LogP contribution in [0.15, 0.2) is 6.20 Å². The summed E-state index contributed by atoms with van der Waals surface area (Å²) >= 11 is 0. The summed E-state index contributed by atoms with van der Waals surface area (Å²) in [6, 6.07) is 0.292. The van der Waals surface area contributed by atoms with E-state index >= 15 is 0 Å². The molecule has 1 unspecified atom stereocenters. The van der Waals surface area contributed by atoms with Crippen molar-refractivity contribution in [3.05, 3.63) is 11.9 Å². The minimum absolute atomic E-state index is 0.0497. The van der Waals surface area contributed by atoms with Gasteiger partial charge in [0, 0.05) is 32.6 Å². The molecule has 0 N–H and O–H groups in total. The zero-order valence-corrected chi connectivity index (χ0v) is 19.2. The van der Waals surface area contributed by atoms with Gasteiger partial charge in [0.25, 0.3) is 5.91 Å². The number of hydrogen-bond donors (Lipinski definition) is 0. The number of carbonyl (C=O) groups is 2. The minimum atomic E-state index is -0.0497. The second kappa shape index (κ2) is 9.49. The highest BCUT2D eigenvalue weighted by Crippen LogP contribution is 2.56. The summed E-state index contributed by atoms with van der Waals surface area (Å²) in [6.07, 6.45) is 14.6. The van der Waals surface area contributed by atoms with Gasteiger partial charge < -0.3 is 14.5 Å². The van der Waals surface area contributed by atoms with Crippen molar-refractivity contribution in [1.29, 1.82) is 0 Å². The molecule has 2 saturated heterocycles. The predicted molar refractivity (Wildman–Crippen MR) is 119 cm³/mol. The topological polar surface area (TPSA) is 80.6 Å². The third-order valence-corrected chi connectivity index (χ3v) is 8.57. The summed E-state index contributed by atoms with van der Waals surface area (Å²) in [5.41, 5.74) is 0.636. The second-order valence-corrected chi connectivity index (χ2v) is 10.3. The third kappa shape index (κ3) is 4.43.